The van der Waals surface area contributed by atoms with E-state index < -0.39 is 0 Å². The predicted molar refractivity (Wildman–Crippen MR) is 51.6 cm³/mol. The molecule has 3 heteroatoms. The molecule has 0 N–H and O–H groups in total. The summed E-state index contributed by atoms with van der Waals surface area (Å²) in [6.45, 7) is 0. The molecule has 13 heavy (non-hydrogen) atoms. The van der Waals surface area contributed by atoms with Gasteiger partial charge in [0, 0.05) is 5.92 Å². The first-order valence-corrected chi connectivity index (χ1v) is 4.27. The van der Waals surface area contributed by atoms with Gasteiger partial charge in [0.25, 0.3) is 5.12 Å². The lowest BCUT2D eigenvalue weighted by atomic mass is 10.1. The molecule has 1 aliphatic carbocycles. The van der Waals surface area contributed by atoms with E-state index in [1.54, 1.807) is 12.1 Å². The molecule has 1 aromatic heterocycles. The molecule has 0 saturated heterocycles. The first-order chi connectivity index (χ1) is 6.27. The Bertz CT molecular complexity index is 310. The van der Waals surface area contributed by atoms with Crippen molar-refractivity contribution in [1.29, 1.82) is 0 Å². The number of carbonyl (C=O) groups is 1. The molecule has 1 aliphatic rings. The Morgan fingerprint density at radius 1 is 1.23 bits per heavy atom. The van der Waals surface area contributed by atoms with E-state index in [1.165, 1.54) is 0 Å². The molecule has 0 amide bonds. The second-order valence-electron chi connectivity index (χ2n) is 2.64. The van der Waals surface area contributed by atoms with Crippen LogP contribution in [-0.4, -0.2) is 5.12 Å². The van der Waals surface area contributed by atoms with Crippen LogP contribution < -0.4 is 0 Å². The summed E-state index contributed by atoms with van der Waals surface area (Å²) in [7, 11) is 0. The molecule has 1 fully saturated rings. The third-order valence-corrected chi connectivity index (χ3v) is 1.98. The topological polar surface area (TPSA) is 30.2 Å². The fraction of sp³-hybridized carbons (Fsp3) is 0. The summed E-state index contributed by atoms with van der Waals surface area (Å²) in [5, 5.41) is -0.349. The van der Waals surface area contributed by atoms with Gasteiger partial charge in [0.1, 0.15) is 5.76 Å². The standard InChI is InChI=1S/C10H7O2S/c11-10(13)9-6-5-8(12-9)7-3-1-2-4-7/h1-6H,(H,11,13). The molecule has 0 unspecified atom stereocenters. The second-order valence-corrected chi connectivity index (χ2v) is 3.05. The quantitative estimate of drug-likeness (QED) is 0.725. The van der Waals surface area contributed by atoms with Crippen LogP contribution in [-0.2, 0) is 0 Å². The average Bonchev–Trinajstić information content (AvgIpc) is 2.75. The van der Waals surface area contributed by atoms with E-state index in [0.29, 0.717) is 5.76 Å². The van der Waals surface area contributed by atoms with Crippen molar-refractivity contribution in [2.45, 2.75) is 0 Å². The van der Waals surface area contributed by atoms with E-state index in [4.69, 9.17) is 4.42 Å². The van der Waals surface area contributed by atoms with Crippen LogP contribution in [0, 0.1) is 31.6 Å². The zero-order valence-corrected chi connectivity index (χ0v) is 7.62. The van der Waals surface area contributed by atoms with Crippen LogP contribution in [0.1, 0.15) is 16.3 Å². The molecule has 65 valence electrons. The maximum absolute atomic E-state index is 10.8. The van der Waals surface area contributed by atoms with Gasteiger partial charge in [-0.3, -0.25) is 4.79 Å². The zero-order chi connectivity index (χ0) is 9.26. The second kappa shape index (κ2) is 3.58. The van der Waals surface area contributed by atoms with Crippen LogP contribution in [0.3, 0.4) is 0 Å². The SMILES string of the molecule is O=C(S)c1ccc([C]2[CH][CH][CH][CH]2)o1. The van der Waals surface area contributed by atoms with Crippen LogP contribution in [0.25, 0.3) is 0 Å². The number of rotatable bonds is 2. The highest BCUT2D eigenvalue weighted by molar-refractivity contribution is 7.97. The first kappa shape index (κ1) is 8.88. The normalized spacial score (nSPS) is 17.9. The third kappa shape index (κ3) is 1.80. The van der Waals surface area contributed by atoms with Gasteiger partial charge in [-0.15, -0.1) is 0 Å². The van der Waals surface area contributed by atoms with Gasteiger partial charge in [0.05, 0.1) is 0 Å². The van der Waals surface area contributed by atoms with Crippen molar-refractivity contribution in [3.05, 3.63) is 55.3 Å². The predicted octanol–water partition coefficient (Wildman–Crippen LogP) is 2.10. The molecular formula is C10H7O2S. The summed E-state index contributed by atoms with van der Waals surface area (Å²) in [6, 6.07) is 3.39. The van der Waals surface area contributed by atoms with E-state index in [-0.39, 0.29) is 10.9 Å². The van der Waals surface area contributed by atoms with Crippen molar-refractivity contribution < 1.29 is 9.21 Å². The maximum Gasteiger partial charge on any atom is 0.251 e. The lowest BCUT2D eigenvalue weighted by Gasteiger charge is -2.01. The smallest absolute Gasteiger partial charge is 0.251 e. The van der Waals surface area contributed by atoms with Crippen molar-refractivity contribution >= 4 is 17.7 Å². The molecule has 1 saturated carbocycles. The fourth-order valence-corrected chi connectivity index (χ4v) is 1.27. The van der Waals surface area contributed by atoms with Crippen LogP contribution in [0.2, 0.25) is 0 Å². The molecule has 0 spiro atoms. The minimum Gasteiger partial charge on any atom is -0.456 e. The van der Waals surface area contributed by atoms with E-state index in [9.17, 15) is 4.79 Å². The lowest BCUT2D eigenvalue weighted by molar-refractivity contribution is 0.106. The summed E-state index contributed by atoms with van der Waals surface area (Å²) in [5.74, 6) is 1.95. The Morgan fingerprint density at radius 3 is 2.46 bits per heavy atom. The molecule has 2 nitrogen and oxygen atoms in total. The van der Waals surface area contributed by atoms with Crippen LogP contribution >= 0.6 is 12.6 Å². The number of hydrogen-bond acceptors (Lipinski definition) is 2. The summed E-state index contributed by atoms with van der Waals surface area (Å²) in [6.07, 6.45) is 7.68. The van der Waals surface area contributed by atoms with E-state index in [0.717, 1.165) is 5.92 Å². The van der Waals surface area contributed by atoms with Gasteiger partial charge in [-0.25, -0.2) is 0 Å². The average molecular weight is 191 g/mol. The molecule has 0 aromatic carbocycles. The van der Waals surface area contributed by atoms with Gasteiger partial charge in [0.2, 0.25) is 0 Å². The Balaban J connectivity index is 2.16. The van der Waals surface area contributed by atoms with Gasteiger partial charge in [-0.05, 0) is 37.8 Å². The van der Waals surface area contributed by atoms with Crippen molar-refractivity contribution in [2.75, 3.05) is 0 Å². The highest BCUT2D eigenvalue weighted by Gasteiger charge is 2.22. The van der Waals surface area contributed by atoms with Crippen molar-refractivity contribution in [1.82, 2.24) is 0 Å². The van der Waals surface area contributed by atoms with Crippen LogP contribution in [0.15, 0.2) is 16.5 Å². The highest BCUT2D eigenvalue weighted by Crippen LogP contribution is 2.31. The molecule has 1 heterocycles. The first-order valence-electron chi connectivity index (χ1n) is 3.82. The Morgan fingerprint density at radius 2 is 1.92 bits per heavy atom. The molecule has 0 aliphatic heterocycles. The Kier molecular flexibility index (Phi) is 2.44. The third-order valence-electron chi connectivity index (χ3n) is 1.76. The van der Waals surface area contributed by atoms with Gasteiger partial charge in [0.15, 0.2) is 5.76 Å². The zero-order valence-electron chi connectivity index (χ0n) is 6.73. The van der Waals surface area contributed by atoms with E-state index >= 15 is 0 Å². The van der Waals surface area contributed by atoms with Gasteiger partial charge >= 0.3 is 0 Å². The highest BCUT2D eigenvalue weighted by atomic mass is 32.1. The number of thiol groups is 1. The van der Waals surface area contributed by atoms with Crippen molar-refractivity contribution in [3.63, 3.8) is 0 Å². The monoisotopic (exact) mass is 191 g/mol. The summed E-state index contributed by atoms with van der Waals surface area (Å²) < 4.78 is 5.26. The number of furan rings is 1. The molecule has 5 radical (unpaired) electrons. The molecular weight excluding hydrogens is 184 g/mol. The lowest BCUT2D eigenvalue weighted by Crippen LogP contribution is -1.91. The van der Waals surface area contributed by atoms with Crippen molar-refractivity contribution in [3.8, 4) is 0 Å². The van der Waals surface area contributed by atoms with E-state index in [1.807, 2.05) is 25.7 Å². The number of hydrogen-bond donors (Lipinski definition) is 1. The Labute approximate surface area is 82.7 Å². The van der Waals surface area contributed by atoms with Gasteiger partial charge < -0.3 is 4.42 Å². The minimum absolute atomic E-state index is 0.277. The largest absolute Gasteiger partial charge is 0.456 e. The summed E-state index contributed by atoms with van der Waals surface area (Å²) in [4.78, 5) is 10.8. The van der Waals surface area contributed by atoms with E-state index in [2.05, 4.69) is 12.6 Å². The van der Waals surface area contributed by atoms with Crippen LogP contribution in [0.4, 0.5) is 0 Å². The van der Waals surface area contributed by atoms with Crippen molar-refractivity contribution in [2.24, 2.45) is 0 Å². The number of carbonyl (C=O) groups excluding carboxylic acids is 1. The molecule has 0 bridgehead atoms. The maximum atomic E-state index is 10.8. The fourth-order valence-electron chi connectivity index (χ4n) is 1.15. The summed E-state index contributed by atoms with van der Waals surface area (Å²) >= 11 is 3.67. The van der Waals surface area contributed by atoms with Gasteiger partial charge in [-0.1, -0.05) is 12.6 Å². The molecule has 1 aromatic rings. The molecule has 0 atom stereocenters. The summed E-state index contributed by atoms with van der Waals surface area (Å²) in [5.41, 5.74) is 0. The minimum atomic E-state index is -0.349. The van der Waals surface area contributed by atoms with Gasteiger partial charge in [-0.2, -0.15) is 0 Å². The van der Waals surface area contributed by atoms with Crippen LogP contribution in [0.5, 0.6) is 0 Å². The Hall–Kier alpha value is -0.700. The molecule has 2 rings (SSSR count).